The van der Waals surface area contributed by atoms with Crippen LogP contribution in [0.2, 0.25) is 0 Å². The molecular formula is C20H17NO6. The summed E-state index contributed by atoms with van der Waals surface area (Å²) in [4.78, 5) is 24.7. The Labute approximate surface area is 154 Å². The molecule has 7 heteroatoms. The van der Waals surface area contributed by atoms with E-state index < -0.39 is 11.5 Å². The fourth-order valence-electron chi connectivity index (χ4n) is 2.90. The lowest BCUT2D eigenvalue weighted by Gasteiger charge is -2.26. The van der Waals surface area contributed by atoms with Crippen molar-refractivity contribution in [2.24, 2.45) is 0 Å². The van der Waals surface area contributed by atoms with E-state index in [9.17, 15) is 9.59 Å². The third kappa shape index (κ3) is 3.31. The van der Waals surface area contributed by atoms with Gasteiger partial charge in [0, 0.05) is 5.39 Å². The predicted octanol–water partition coefficient (Wildman–Crippen LogP) is 2.37. The average molecular weight is 367 g/mol. The first-order chi connectivity index (χ1) is 13.2. The van der Waals surface area contributed by atoms with E-state index in [1.54, 1.807) is 24.3 Å². The van der Waals surface area contributed by atoms with Gasteiger partial charge in [-0.3, -0.25) is 4.79 Å². The van der Waals surface area contributed by atoms with Gasteiger partial charge < -0.3 is 23.9 Å². The van der Waals surface area contributed by atoms with Crippen molar-refractivity contribution < 1.29 is 23.4 Å². The van der Waals surface area contributed by atoms with Crippen LogP contribution in [0.15, 0.2) is 57.7 Å². The fraction of sp³-hybridized carbons (Fsp3) is 0.200. The number of hydrogen-bond donors (Lipinski definition) is 1. The van der Waals surface area contributed by atoms with Crippen molar-refractivity contribution in [2.45, 2.75) is 6.10 Å². The molecule has 0 radical (unpaired) electrons. The van der Waals surface area contributed by atoms with Crippen molar-refractivity contribution in [3.63, 3.8) is 0 Å². The maximum atomic E-state index is 12.5. The highest BCUT2D eigenvalue weighted by Gasteiger charge is 2.22. The molecule has 1 aliphatic rings. The van der Waals surface area contributed by atoms with E-state index in [4.69, 9.17) is 18.6 Å². The van der Waals surface area contributed by atoms with Gasteiger partial charge in [0.2, 0.25) is 0 Å². The molecule has 0 saturated heterocycles. The summed E-state index contributed by atoms with van der Waals surface area (Å²) in [5, 5.41) is 3.30. The van der Waals surface area contributed by atoms with Crippen molar-refractivity contribution in [2.75, 3.05) is 20.3 Å². The Morgan fingerprint density at radius 2 is 2.00 bits per heavy atom. The van der Waals surface area contributed by atoms with E-state index in [0.717, 1.165) is 0 Å². The normalized spacial score (nSPS) is 15.4. The number of rotatable bonds is 4. The molecule has 0 saturated carbocycles. The summed E-state index contributed by atoms with van der Waals surface area (Å²) in [6, 6.07) is 14.0. The highest BCUT2D eigenvalue weighted by Crippen LogP contribution is 2.30. The van der Waals surface area contributed by atoms with Gasteiger partial charge in [-0.1, -0.05) is 24.3 Å². The zero-order valence-electron chi connectivity index (χ0n) is 14.6. The number of carbonyl (C=O) groups excluding carboxylic acids is 1. The van der Waals surface area contributed by atoms with Crippen LogP contribution in [-0.2, 0) is 0 Å². The molecule has 7 nitrogen and oxygen atoms in total. The van der Waals surface area contributed by atoms with Crippen LogP contribution in [0.4, 0.5) is 0 Å². The number of ether oxygens (including phenoxy) is 3. The molecule has 3 aromatic rings. The Kier molecular flexibility index (Phi) is 4.42. The van der Waals surface area contributed by atoms with Gasteiger partial charge in [0.15, 0.2) is 22.8 Å². The van der Waals surface area contributed by atoms with Crippen molar-refractivity contribution >= 4 is 16.9 Å². The van der Waals surface area contributed by atoms with Crippen LogP contribution in [0.5, 0.6) is 17.2 Å². The SMILES string of the molecule is COc1cccc2cc(C(=O)NC[C@H]3COc4ccccc4O3)c(=O)oc12. The summed E-state index contributed by atoms with van der Waals surface area (Å²) < 4.78 is 21.9. The number of amides is 1. The molecule has 1 aliphatic heterocycles. The third-order valence-corrected chi connectivity index (χ3v) is 4.25. The summed E-state index contributed by atoms with van der Waals surface area (Å²) in [5.41, 5.74) is -0.495. The molecule has 4 rings (SSSR count). The molecule has 27 heavy (non-hydrogen) atoms. The molecule has 1 N–H and O–H groups in total. The Bertz CT molecular complexity index is 1060. The lowest BCUT2D eigenvalue weighted by atomic mass is 10.1. The molecule has 0 bridgehead atoms. The number of nitrogens with one attached hydrogen (secondary N) is 1. The molecule has 2 heterocycles. The van der Waals surface area contributed by atoms with Crippen LogP contribution in [0, 0.1) is 0 Å². The Balaban J connectivity index is 1.49. The van der Waals surface area contributed by atoms with Crippen molar-refractivity contribution in [3.05, 3.63) is 64.5 Å². The number of hydrogen-bond acceptors (Lipinski definition) is 6. The van der Waals surface area contributed by atoms with E-state index in [1.165, 1.54) is 13.2 Å². The lowest BCUT2D eigenvalue weighted by Crippen LogP contribution is -2.41. The third-order valence-electron chi connectivity index (χ3n) is 4.25. The minimum atomic E-state index is -0.726. The van der Waals surface area contributed by atoms with Gasteiger partial charge in [0.25, 0.3) is 5.91 Å². The molecule has 0 unspecified atom stereocenters. The molecule has 0 fully saturated rings. The molecular weight excluding hydrogens is 350 g/mol. The monoisotopic (exact) mass is 367 g/mol. The second-order valence-corrected chi connectivity index (χ2v) is 6.03. The summed E-state index contributed by atoms with van der Waals surface area (Å²) >= 11 is 0. The van der Waals surface area contributed by atoms with E-state index in [1.807, 2.05) is 18.2 Å². The summed E-state index contributed by atoms with van der Waals surface area (Å²) in [7, 11) is 1.49. The first-order valence-corrected chi connectivity index (χ1v) is 8.43. The molecule has 1 amide bonds. The van der Waals surface area contributed by atoms with Gasteiger partial charge >= 0.3 is 5.63 Å². The number of carbonyl (C=O) groups is 1. The second kappa shape index (κ2) is 7.03. The van der Waals surface area contributed by atoms with Gasteiger partial charge in [0.1, 0.15) is 18.3 Å². The van der Waals surface area contributed by atoms with Gasteiger partial charge in [-0.05, 0) is 24.3 Å². The minimum Gasteiger partial charge on any atom is -0.493 e. The molecule has 138 valence electrons. The molecule has 0 aliphatic carbocycles. The standard InChI is InChI=1S/C20H17NO6/c1-24-17-8-4-5-12-9-14(20(23)27-18(12)17)19(22)21-10-13-11-25-15-6-2-3-7-16(15)26-13/h2-9,13H,10-11H2,1H3,(H,21,22)/t13-/m0/s1. The molecule has 0 spiro atoms. The highest BCUT2D eigenvalue weighted by atomic mass is 16.6. The highest BCUT2D eigenvalue weighted by molar-refractivity contribution is 5.97. The summed E-state index contributed by atoms with van der Waals surface area (Å²) in [6.45, 7) is 0.504. The van der Waals surface area contributed by atoms with Crippen LogP contribution < -0.4 is 25.2 Å². The minimum absolute atomic E-state index is 0.0760. The Hall–Kier alpha value is -3.48. The second-order valence-electron chi connectivity index (χ2n) is 6.03. The lowest BCUT2D eigenvalue weighted by molar-refractivity contribution is 0.0787. The van der Waals surface area contributed by atoms with Gasteiger partial charge in [-0.2, -0.15) is 0 Å². The maximum Gasteiger partial charge on any atom is 0.349 e. The first-order valence-electron chi connectivity index (χ1n) is 8.43. The van der Waals surface area contributed by atoms with Crippen LogP contribution in [0.1, 0.15) is 10.4 Å². The number of methoxy groups -OCH3 is 1. The Morgan fingerprint density at radius 3 is 2.81 bits per heavy atom. The summed E-state index contributed by atoms with van der Waals surface area (Å²) in [6.07, 6.45) is -0.351. The number of benzene rings is 2. The number of fused-ring (bicyclic) bond motifs is 2. The van der Waals surface area contributed by atoms with E-state index >= 15 is 0 Å². The van der Waals surface area contributed by atoms with Crippen LogP contribution >= 0.6 is 0 Å². The maximum absolute atomic E-state index is 12.5. The van der Waals surface area contributed by atoms with E-state index in [0.29, 0.717) is 34.8 Å². The first kappa shape index (κ1) is 17.0. The Morgan fingerprint density at radius 1 is 1.19 bits per heavy atom. The fourth-order valence-corrected chi connectivity index (χ4v) is 2.90. The van der Waals surface area contributed by atoms with Crippen LogP contribution in [-0.4, -0.2) is 32.3 Å². The van der Waals surface area contributed by atoms with Crippen LogP contribution in [0.25, 0.3) is 11.0 Å². The average Bonchev–Trinajstić information content (AvgIpc) is 2.71. The smallest absolute Gasteiger partial charge is 0.349 e. The van der Waals surface area contributed by atoms with Gasteiger partial charge in [0.05, 0.1) is 13.7 Å². The molecule has 1 aromatic heterocycles. The zero-order chi connectivity index (χ0) is 18.8. The van der Waals surface area contributed by atoms with Crippen molar-refractivity contribution in [3.8, 4) is 17.2 Å². The quantitative estimate of drug-likeness (QED) is 0.713. The van der Waals surface area contributed by atoms with Crippen molar-refractivity contribution in [1.82, 2.24) is 5.32 Å². The zero-order valence-corrected chi connectivity index (χ0v) is 14.6. The van der Waals surface area contributed by atoms with Crippen molar-refractivity contribution in [1.29, 1.82) is 0 Å². The van der Waals surface area contributed by atoms with E-state index in [-0.39, 0.29) is 18.2 Å². The van der Waals surface area contributed by atoms with E-state index in [2.05, 4.69) is 5.32 Å². The van der Waals surface area contributed by atoms with Gasteiger partial charge in [-0.15, -0.1) is 0 Å². The summed E-state index contributed by atoms with van der Waals surface area (Å²) in [5.74, 6) is 1.20. The van der Waals surface area contributed by atoms with Gasteiger partial charge in [-0.25, -0.2) is 4.79 Å². The number of para-hydroxylation sites is 3. The topological polar surface area (TPSA) is 87.0 Å². The molecule has 1 atom stereocenters. The predicted molar refractivity (Wildman–Crippen MR) is 97.7 cm³/mol. The largest absolute Gasteiger partial charge is 0.493 e. The molecule has 2 aromatic carbocycles. The van der Waals surface area contributed by atoms with Crippen LogP contribution in [0.3, 0.4) is 0 Å².